The Bertz CT molecular complexity index is 781. The molecule has 6 nitrogen and oxygen atoms in total. The van der Waals surface area contributed by atoms with Crippen molar-refractivity contribution in [2.45, 2.75) is 6.92 Å². The maximum atomic E-state index is 11.9. The number of rotatable bonds is 4. The Labute approximate surface area is 155 Å². The van der Waals surface area contributed by atoms with E-state index < -0.39 is 11.8 Å². The first-order chi connectivity index (χ1) is 11.9. The first-order valence-corrected chi connectivity index (χ1v) is 8.08. The summed E-state index contributed by atoms with van der Waals surface area (Å²) in [6.45, 7) is 1.76. The molecule has 25 heavy (non-hydrogen) atoms. The van der Waals surface area contributed by atoms with Gasteiger partial charge in [-0.25, -0.2) is 0 Å². The molecule has 0 atom stereocenters. The molecule has 0 unspecified atom stereocenters. The fourth-order valence-corrected chi connectivity index (χ4v) is 2.15. The lowest BCUT2D eigenvalue weighted by atomic mass is 10.2. The fourth-order valence-electron chi connectivity index (χ4n) is 1.79. The molecular formula is C17H16ClN3O3S. The standard InChI is InChI=1S/C17H16ClN3O3S/c1-11-5-7-14(8-6-11)24-10-15(22)19-17(25)21-20-16(23)12-3-2-4-13(18)9-12/h2-9H,10H2,1H3,(H,20,23)(H2,19,21,22,25). The summed E-state index contributed by atoms with van der Waals surface area (Å²) in [7, 11) is 0. The van der Waals surface area contributed by atoms with Crippen molar-refractivity contribution >= 4 is 40.7 Å². The van der Waals surface area contributed by atoms with Gasteiger partial charge in [-0.2, -0.15) is 0 Å². The molecule has 0 aliphatic carbocycles. The molecule has 8 heteroatoms. The highest BCUT2D eigenvalue weighted by Gasteiger charge is 2.08. The quantitative estimate of drug-likeness (QED) is 0.563. The fraction of sp³-hybridized carbons (Fsp3) is 0.118. The number of hydrogen-bond acceptors (Lipinski definition) is 4. The number of hydrogen-bond donors (Lipinski definition) is 3. The summed E-state index contributed by atoms with van der Waals surface area (Å²) >= 11 is 10.8. The minimum absolute atomic E-state index is 0.0483. The van der Waals surface area contributed by atoms with Crippen molar-refractivity contribution in [2.24, 2.45) is 0 Å². The van der Waals surface area contributed by atoms with Gasteiger partial charge in [-0.05, 0) is 49.5 Å². The van der Waals surface area contributed by atoms with Crippen LogP contribution in [0.3, 0.4) is 0 Å². The minimum Gasteiger partial charge on any atom is -0.484 e. The van der Waals surface area contributed by atoms with Crippen LogP contribution in [0, 0.1) is 6.92 Å². The number of nitrogens with one attached hydrogen (secondary N) is 3. The third-order valence-electron chi connectivity index (χ3n) is 3.02. The highest BCUT2D eigenvalue weighted by atomic mass is 35.5. The van der Waals surface area contributed by atoms with Crippen LogP contribution in [0.5, 0.6) is 5.75 Å². The molecule has 0 fully saturated rings. The van der Waals surface area contributed by atoms with Gasteiger partial charge in [0.25, 0.3) is 11.8 Å². The van der Waals surface area contributed by atoms with E-state index in [1.807, 2.05) is 19.1 Å². The van der Waals surface area contributed by atoms with Crippen LogP contribution in [0.2, 0.25) is 5.02 Å². The molecule has 2 rings (SSSR count). The molecule has 0 aliphatic rings. The molecule has 0 aromatic heterocycles. The van der Waals surface area contributed by atoms with Gasteiger partial charge in [0.05, 0.1) is 0 Å². The Morgan fingerprint density at radius 1 is 1.12 bits per heavy atom. The van der Waals surface area contributed by atoms with Gasteiger partial charge < -0.3 is 4.74 Å². The molecule has 2 amide bonds. The molecule has 0 aliphatic heterocycles. The van der Waals surface area contributed by atoms with Crippen molar-refractivity contribution in [3.05, 3.63) is 64.7 Å². The van der Waals surface area contributed by atoms with E-state index in [2.05, 4.69) is 16.2 Å². The Kier molecular flexibility index (Phi) is 6.73. The van der Waals surface area contributed by atoms with Crippen molar-refractivity contribution in [3.63, 3.8) is 0 Å². The molecule has 0 spiro atoms. The largest absolute Gasteiger partial charge is 0.484 e. The van der Waals surface area contributed by atoms with Gasteiger partial charge in [-0.15, -0.1) is 0 Å². The van der Waals surface area contributed by atoms with Crippen molar-refractivity contribution < 1.29 is 14.3 Å². The normalized spacial score (nSPS) is 9.84. The number of hydrazine groups is 1. The monoisotopic (exact) mass is 377 g/mol. The van der Waals surface area contributed by atoms with Crippen LogP contribution < -0.4 is 20.9 Å². The molecular weight excluding hydrogens is 362 g/mol. The van der Waals surface area contributed by atoms with Crippen LogP contribution in [-0.4, -0.2) is 23.5 Å². The first-order valence-electron chi connectivity index (χ1n) is 7.29. The smallest absolute Gasteiger partial charge is 0.269 e. The number of carbonyl (C=O) groups is 2. The summed E-state index contributed by atoms with van der Waals surface area (Å²) in [6.07, 6.45) is 0. The van der Waals surface area contributed by atoms with Crippen LogP contribution in [0.4, 0.5) is 0 Å². The average molecular weight is 378 g/mol. The van der Waals surface area contributed by atoms with Gasteiger partial charge >= 0.3 is 0 Å². The number of thiocarbonyl (C=S) groups is 1. The molecule has 0 saturated heterocycles. The molecule has 0 radical (unpaired) electrons. The predicted molar refractivity (Wildman–Crippen MR) is 99.5 cm³/mol. The molecule has 0 heterocycles. The maximum Gasteiger partial charge on any atom is 0.269 e. The highest BCUT2D eigenvalue weighted by Crippen LogP contribution is 2.11. The lowest BCUT2D eigenvalue weighted by Crippen LogP contribution is -2.49. The number of ether oxygens (including phenoxy) is 1. The third kappa shape index (κ3) is 6.40. The van der Waals surface area contributed by atoms with Gasteiger partial charge in [0.1, 0.15) is 5.75 Å². The molecule has 130 valence electrons. The van der Waals surface area contributed by atoms with Crippen LogP contribution >= 0.6 is 23.8 Å². The summed E-state index contributed by atoms with van der Waals surface area (Å²) in [5.74, 6) is -0.307. The lowest BCUT2D eigenvalue weighted by Gasteiger charge is -2.11. The number of halogens is 1. The molecule has 3 N–H and O–H groups in total. The number of carbonyl (C=O) groups excluding carboxylic acids is 2. The highest BCUT2D eigenvalue weighted by molar-refractivity contribution is 7.80. The Balaban J connectivity index is 1.73. The van der Waals surface area contributed by atoms with Gasteiger partial charge in [-0.3, -0.25) is 25.8 Å². The topological polar surface area (TPSA) is 79.5 Å². The van der Waals surface area contributed by atoms with Crippen molar-refractivity contribution in [1.29, 1.82) is 0 Å². The molecule has 0 bridgehead atoms. The first kappa shape index (κ1) is 18.7. The van der Waals surface area contributed by atoms with Crippen LogP contribution in [0.1, 0.15) is 15.9 Å². The van der Waals surface area contributed by atoms with E-state index in [9.17, 15) is 9.59 Å². The summed E-state index contributed by atoms with van der Waals surface area (Å²) in [4.78, 5) is 23.7. The maximum absolute atomic E-state index is 11.9. The molecule has 2 aromatic carbocycles. The summed E-state index contributed by atoms with van der Waals surface area (Å²) in [6, 6.07) is 13.7. The van der Waals surface area contributed by atoms with Gasteiger partial charge in [0.2, 0.25) is 0 Å². The zero-order valence-corrected chi connectivity index (χ0v) is 14.9. The second-order valence-electron chi connectivity index (χ2n) is 5.07. The van der Waals surface area contributed by atoms with E-state index in [0.717, 1.165) is 5.56 Å². The lowest BCUT2D eigenvalue weighted by molar-refractivity contribution is -0.121. The van der Waals surface area contributed by atoms with E-state index >= 15 is 0 Å². The van der Waals surface area contributed by atoms with Gasteiger partial charge in [0, 0.05) is 10.6 Å². The zero-order valence-electron chi connectivity index (χ0n) is 13.3. The van der Waals surface area contributed by atoms with E-state index in [4.69, 9.17) is 28.6 Å². The van der Waals surface area contributed by atoms with E-state index in [1.54, 1.807) is 30.3 Å². The summed E-state index contributed by atoms with van der Waals surface area (Å²) < 4.78 is 5.33. The van der Waals surface area contributed by atoms with Crippen molar-refractivity contribution in [3.8, 4) is 5.75 Å². The van der Waals surface area contributed by atoms with E-state index in [-0.39, 0.29) is 11.7 Å². The third-order valence-corrected chi connectivity index (χ3v) is 3.46. The number of aryl methyl sites for hydroxylation is 1. The van der Waals surface area contributed by atoms with E-state index in [1.165, 1.54) is 6.07 Å². The van der Waals surface area contributed by atoms with Crippen LogP contribution in [-0.2, 0) is 4.79 Å². The summed E-state index contributed by atoms with van der Waals surface area (Å²) in [5, 5.41) is 2.79. The number of amides is 2. The zero-order chi connectivity index (χ0) is 18.2. The van der Waals surface area contributed by atoms with E-state index in [0.29, 0.717) is 16.3 Å². The van der Waals surface area contributed by atoms with Crippen molar-refractivity contribution in [1.82, 2.24) is 16.2 Å². The van der Waals surface area contributed by atoms with Gasteiger partial charge in [-0.1, -0.05) is 35.4 Å². The SMILES string of the molecule is Cc1ccc(OCC(=O)NC(=S)NNC(=O)c2cccc(Cl)c2)cc1. The Morgan fingerprint density at radius 2 is 1.84 bits per heavy atom. The van der Waals surface area contributed by atoms with Gasteiger partial charge in [0.15, 0.2) is 11.7 Å². The molecule has 0 saturated carbocycles. The second kappa shape index (κ2) is 9.00. The minimum atomic E-state index is -0.449. The van der Waals surface area contributed by atoms with Crippen molar-refractivity contribution in [2.75, 3.05) is 6.61 Å². The Hall–Kier alpha value is -2.64. The second-order valence-corrected chi connectivity index (χ2v) is 5.91. The number of benzene rings is 2. The summed E-state index contributed by atoms with van der Waals surface area (Å²) in [5.41, 5.74) is 6.26. The Morgan fingerprint density at radius 3 is 2.52 bits per heavy atom. The van der Waals surface area contributed by atoms with Crippen LogP contribution in [0.25, 0.3) is 0 Å². The van der Waals surface area contributed by atoms with Crippen LogP contribution in [0.15, 0.2) is 48.5 Å². The predicted octanol–water partition coefficient (Wildman–Crippen LogP) is 2.36. The average Bonchev–Trinajstić information content (AvgIpc) is 2.59. The molecule has 2 aromatic rings.